The molecule has 1 aromatic heterocycles. The van der Waals surface area contributed by atoms with Crippen LogP contribution in [0.5, 0.6) is 0 Å². The number of aromatic nitrogens is 2. The molecule has 7 heteroatoms. The monoisotopic (exact) mass is 348 g/mol. The first kappa shape index (κ1) is 15.5. The number of halogens is 3. The molecule has 0 atom stereocenters. The molecule has 3 rings (SSSR count). The topological polar surface area (TPSA) is 49.8 Å². The predicted molar refractivity (Wildman–Crippen MR) is 91.5 cm³/mol. The number of hydrogen-bond donors (Lipinski definition) is 2. The Morgan fingerprint density at radius 2 is 1.65 bits per heavy atom. The van der Waals surface area contributed by atoms with Gasteiger partial charge < -0.3 is 10.6 Å². The second-order valence-corrected chi connectivity index (χ2v) is 5.53. The van der Waals surface area contributed by atoms with Crippen LogP contribution in [-0.2, 0) is 0 Å². The van der Waals surface area contributed by atoms with Gasteiger partial charge >= 0.3 is 0 Å². The summed E-state index contributed by atoms with van der Waals surface area (Å²) in [5.41, 5.74) is 0.994. The molecule has 0 bridgehead atoms. The van der Waals surface area contributed by atoms with Gasteiger partial charge in [-0.25, -0.2) is 9.37 Å². The van der Waals surface area contributed by atoms with Crippen molar-refractivity contribution in [1.82, 2.24) is 9.97 Å². The lowest BCUT2D eigenvalue weighted by Gasteiger charge is -2.09. The first-order valence-corrected chi connectivity index (χ1v) is 7.43. The number of benzene rings is 2. The van der Waals surface area contributed by atoms with Gasteiger partial charge in [0, 0.05) is 21.9 Å². The first-order valence-electron chi connectivity index (χ1n) is 6.68. The molecule has 0 amide bonds. The van der Waals surface area contributed by atoms with Crippen LogP contribution in [-0.4, -0.2) is 9.97 Å². The van der Waals surface area contributed by atoms with Crippen molar-refractivity contribution in [3.8, 4) is 0 Å². The van der Waals surface area contributed by atoms with Gasteiger partial charge in [0.15, 0.2) is 0 Å². The second-order valence-electron chi connectivity index (χ2n) is 4.65. The molecule has 4 nitrogen and oxygen atoms in total. The number of nitrogens with one attached hydrogen (secondary N) is 2. The Kier molecular flexibility index (Phi) is 4.60. The van der Waals surface area contributed by atoms with Gasteiger partial charge in [-0.3, -0.25) is 0 Å². The summed E-state index contributed by atoms with van der Waals surface area (Å²) in [5, 5.41) is 6.93. The van der Waals surface area contributed by atoms with E-state index >= 15 is 0 Å². The molecule has 0 unspecified atom stereocenters. The zero-order chi connectivity index (χ0) is 16.2. The molecule has 23 heavy (non-hydrogen) atoms. The quantitative estimate of drug-likeness (QED) is 0.661. The van der Waals surface area contributed by atoms with Crippen molar-refractivity contribution >= 4 is 46.3 Å². The van der Waals surface area contributed by atoms with Crippen molar-refractivity contribution in [2.75, 3.05) is 10.6 Å². The third-order valence-corrected chi connectivity index (χ3v) is 3.35. The van der Waals surface area contributed by atoms with Crippen LogP contribution in [0, 0.1) is 5.82 Å². The van der Waals surface area contributed by atoms with E-state index in [-0.39, 0.29) is 11.8 Å². The van der Waals surface area contributed by atoms with Gasteiger partial charge in [0.1, 0.15) is 11.6 Å². The summed E-state index contributed by atoms with van der Waals surface area (Å²) in [7, 11) is 0. The number of hydrogen-bond acceptors (Lipinski definition) is 4. The average Bonchev–Trinajstić information content (AvgIpc) is 2.49. The van der Waals surface area contributed by atoms with Crippen LogP contribution < -0.4 is 10.6 Å². The number of anilines is 4. The van der Waals surface area contributed by atoms with Gasteiger partial charge in [0.25, 0.3) is 0 Å². The van der Waals surface area contributed by atoms with Gasteiger partial charge in [-0.15, -0.1) is 0 Å². The SMILES string of the molecule is Fc1ccccc1Nc1nccc(Nc2cc(Cl)cc(Cl)c2)n1. The Morgan fingerprint density at radius 1 is 0.913 bits per heavy atom. The van der Waals surface area contributed by atoms with Crippen LogP contribution in [0.2, 0.25) is 10.0 Å². The summed E-state index contributed by atoms with van der Waals surface area (Å²) in [6.07, 6.45) is 1.56. The molecule has 0 aliphatic rings. The molecule has 0 aliphatic carbocycles. The van der Waals surface area contributed by atoms with E-state index in [9.17, 15) is 4.39 Å². The maximum Gasteiger partial charge on any atom is 0.229 e. The van der Waals surface area contributed by atoms with Crippen molar-refractivity contribution in [2.24, 2.45) is 0 Å². The highest BCUT2D eigenvalue weighted by Crippen LogP contribution is 2.25. The fourth-order valence-electron chi connectivity index (χ4n) is 1.95. The van der Waals surface area contributed by atoms with E-state index in [2.05, 4.69) is 20.6 Å². The first-order chi connectivity index (χ1) is 11.1. The molecule has 3 aromatic rings. The molecule has 0 spiro atoms. The molecule has 0 saturated carbocycles. The summed E-state index contributed by atoms with van der Waals surface area (Å²) in [6.45, 7) is 0. The van der Waals surface area contributed by atoms with Crippen molar-refractivity contribution in [1.29, 1.82) is 0 Å². The Bertz CT molecular complexity index is 822. The molecule has 0 aliphatic heterocycles. The third kappa shape index (κ3) is 4.09. The Balaban J connectivity index is 1.81. The van der Waals surface area contributed by atoms with Gasteiger partial charge in [-0.1, -0.05) is 35.3 Å². The maximum absolute atomic E-state index is 13.6. The lowest BCUT2D eigenvalue weighted by atomic mass is 10.3. The minimum Gasteiger partial charge on any atom is -0.340 e. The minimum absolute atomic E-state index is 0.272. The van der Waals surface area contributed by atoms with E-state index in [1.54, 1.807) is 48.7 Å². The average molecular weight is 349 g/mol. The zero-order valence-electron chi connectivity index (χ0n) is 11.7. The van der Waals surface area contributed by atoms with Crippen molar-refractivity contribution in [3.05, 3.63) is 70.6 Å². The van der Waals surface area contributed by atoms with E-state index < -0.39 is 0 Å². The minimum atomic E-state index is -0.379. The normalized spacial score (nSPS) is 10.4. The molecule has 2 aromatic carbocycles. The fourth-order valence-corrected chi connectivity index (χ4v) is 2.47. The van der Waals surface area contributed by atoms with Gasteiger partial charge in [-0.2, -0.15) is 4.98 Å². The highest BCUT2D eigenvalue weighted by Gasteiger charge is 2.05. The Hall–Kier alpha value is -2.37. The summed E-state index contributed by atoms with van der Waals surface area (Å²) in [5.74, 6) is 0.418. The summed E-state index contributed by atoms with van der Waals surface area (Å²) in [4.78, 5) is 8.35. The van der Waals surface area contributed by atoms with Crippen LogP contribution in [0.25, 0.3) is 0 Å². The number of nitrogens with zero attached hydrogens (tertiary/aromatic N) is 2. The molecular formula is C16H11Cl2FN4. The van der Waals surface area contributed by atoms with Crippen LogP contribution in [0.15, 0.2) is 54.7 Å². The van der Waals surface area contributed by atoms with Crippen LogP contribution in [0.1, 0.15) is 0 Å². The highest BCUT2D eigenvalue weighted by atomic mass is 35.5. The van der Waals surface area contributed by atoms with E-state index in [0.717, 1.165) is 0 Å². The smallest absolute Gasteiger partial charge is 0.229 e. The molecule has 0 radical (unpaired) electrons. The summed E-state index contributed by atoms with van der Waals surface area (Å²) < 4.78 is 13.6. The highest BCUT2D eigenvalue weighted by molar-refractivity contribution is 6.35. The third-order valence-electron chi connectivity index (χ3n) is 2.91. The van der Waals surface area contributed by atoms with E-state index in [1.807, 2.05) is 0 Å². The zero-order valence-corrected chi connectivity index (χ0v) is 13.2. The van der Waals surface area contributed by atoms with Crippen LogP contribution >= 0.6 is 23.2 Å². The van der Waals surface area contributed by atoms with Crippen molar-refractivity contribution in [2.45, 2.75) is 0 Å². The predicted octanol–water partition coefficient (Wildman–Crippen LogP) is 5.41. The fraction of sp³-hybridized carbons (Fsp3) is 0. The summed E-state index contributed by atoms with van der Waals surface area (Å²) in [6, 6.07) is 13.1. The Morgan fingerprint density at radius 3 is 2.39 bits per heavy atom. The molecule has 0 fully saturated rings. The Labute approximate surface area is 142 Å². The molecule has 1 heterocycles. The van der Waals surface area contributed by atoms with E-state index in [1.165, 1.54) is 6.07 Å². The second kappa shape index (κ2) is 6.81. The maximum atomic E-state index is 13.6. The van der Waals surface area contributed by atoms with Crippen molar-refractivity contribution < 1.29 is 4.39 Å². The van der Waals surface area contributed by atoms with E-state index in [0.29, 0.717) is 27.2 Å². The molecule has 116 valence electrons. The number of rotatable bonds is 4. The largest absolute Gasteiger partial charge is 0.340 e. The van der Waals surface area contributed by atoms with Gasteiger partial charge in [0.2, 0.25) is 5.95 Å². The number of para-hydroxylation sites is 1. The summed E-state index contributed by atoms with van der Waals surface area (Å²) >= 11 is 11.9. The van der Waals surface area contributed by atoms with Crippen molar-refractivity contribution in [3.63, 3.8) is 0 Å². The van der Waals surface area contributed by atoms with Crippen LogP contribution in [0.3, 0.4) is 0 Å². The molecule has 0 saturated heterocycles. The van der Waals surface area contributed by atoms with E-state index in [4.69, 9.17) is 23.2 Å². The van der Waals surface area contributed by atoms with Crippen LogP contribution in [0.4, 0.5) is 27.5 Å². The lowest BCUT2D eigenvalue weighted by molar-refractivity contribution is 0.631. The lowest BCUT2D eigenvalue weighted by Crippen LogP contribution is -2.01. The molecular weight excluding hydrogens is 338 g/mol. The van der Waals surface area contributed by atoms with Gasteiger partial charge in [0.05, 0.1) is 5.69 Å². The molecule has 2 N–H and O–H groups in total. The standard InChI is InChI=1S/C16H11Cl2FN4/c17-10-7-11(18)9-12(8-10)21-15-5-6-20-16(23-15)22-14-4-2-1-3-13(14)19/h1-9H,(H2,20,21,22,23). The van der Waals surface area contributed by atoms with Gasteiger partial charge in [-0.05, 0) is 36.4 Å².